The largest absolute Gasteiger partial charge is 0.494 e. The molecule has 0 saturated carbocycles. The second kappa shape index (κ2) is 6.10. The van der Waals surface area contributed by atoms with E-state index in [0.717, 1.165) is 36.7 Å². The Kier molecular flexibility index (Phi) is 4.01. The zero-order chi connectivity index (χ0) is 14.7. The molecular weight excluding hydrogens is 270 g/mol. The molecule has 0 radical (unpaired) electrons. The highest BCUT2D eigenvalue weighted by atomic mass is 16.5. The van der Waals surface area contributed by atoms with Crippen LogP contribution in [0.2, 0.25) is 0 Å². The van der Waals surface area contributed by atoms with Crippen LogP contribution in [0.5, 0.6) is 5.75 Å². The number of nitrogens with zero attached hydrogens (tertiary/aromatic N) is 1. The van der Waals surface area contributed by atoms with Gasteiger partial charge in [0, 0.05) is 18.1 Å². The Labute approximate surface area is 123 Å². The third-order valence-electron chi connectivity index (χ3n) is 3.64. The molecule has 2 heterocycles. The van der Waals surface area contributed by atoms with Crippen molar-refractivity contribution in [2.45, 2.75) is 12.8 Å². The van der Waals surface area contributed by atoms with E-state index in [1.54, 1.807) is 24.3 Å². The number of hydrogen-bond donors (Lipinski definition) is 0. The van der Waals surface area contributed by atoms with Crippen LogP contribution in [0, 0.1) is 5.92 Å². The molecule has 1 aromatic carbocycles. The van der Waals surface area contributed by atoms with Gasteiger partial charge in [0.1, 0.15) is 5.75 Å². The third-order valence-corrected chi connectivity index (χ3v) is 3.64. The van der Waals surface area contributed by atoms with Crippen molar-refractivity contribution in [2.24, 2.45) is 5.92 Å². The van der Waals surface area contributed by atoms with Gasteiger partial charge in [-0.1, -0.05) is 0 Å². The van der Waals surface area contributed by atoms with Gasteiger partial charge in [-0.05, 0) is 37.1 Å². The SMILES string of the molecule is O=C1C=CC(=O)N1c1ccc(OCCCC2COC2)cc1. The molecule has 0 N–H and O–H groups in total. The molecule has 5 heteroatoms. The van der Waals surface area contributed by atoms with E-state index in [9.17, 15) is 9.59 Å². The Balaban J connectivity index is 1.49. The van der Waals surface area contributed by atoms with Crippen LogP contribution < -0.4 is 9.64 Å². The summed E-state index contributed by atoms with van der Waals surface area (Å²) < 4.78 is 10.8. The normalized spacial score (nSPS) is 18.2. The van der Waals surface area contributed by atoms with E-state index in [1.165, 1.54) is 12.2 Å². The van der Waals surface area contributed by atoms with Crippen molar-refractivity contribution in [3.8, 4) is 5.75 Å². The number of imide groups is 1. The van der Waals surface area contributed by atoms with Gasteiger partial charge in [0.25, 0.3) is 11.8 Å². The number of carbonyl (C=O) groups is 2. The molecule has 1 aromatic rings. The molecule has 0 aliphatic carbocycles. The summed E-state index contributed by atoms with van der Waals surface area (Å²) in [5, 5.41) is 0. The van der Waals surface area contributed by atoms with Crippen molar-refractivity contribution in [3.63, 3.8) is 0 Å². The highest BCUT2D eigenvalue weighted by Gasteiger charge is 2.24. The average Bonchev–Trinajstić information content (AvgIpc) is 2.77. The molecule has 3 rings (SSSR count). The van der Waals surface area contributed by atoms with Crippen LogP contribution in [0.1, 0.15) is 12.8 Å². The molecule has 0 bridgehead atoms. The first kappa shape index (κ1) is 13.8. The molecule has 0 spiro atoms. The smallest absolute Gasteiger partial charge is 0.258 e. The minimum atomic E-state index is -0.309. The Morgan fingerprint density at radius 3 is 2.33 bits per heavy atom. The molecule has 1 saturated heterocycles. The quantitative estimate of drug-likeness (QED) is 0.592. The average molecular weight is 287 g/mol. The Morgan fingerprint density at radius 1 is 1.10 bits per heavy atom. The molecule has 5 nitrogen and oxygen atoms in total. The van der Waals surface area contributed by atoms with Gasteiger partial charge in [0.2, 0.25) is 0 Å². The maximum atomic E-state index is 11.6. The second-order valence-electron chi connectivity index (χ2n) is 5.23. The number of anilines is 1. The van der Waals surface area contributed by atoms with Gasteiger partial charge in [-0.25, -0.2) is 4.90 Å². The molecular formula is C16H17NO4. The van der Waals surface area contributed by atoms with Crippen LogP contribution in [-0.4, -0.2) is 31.6 Å². The third kappa shape index (κ3) is 3.13. The lowest BCUT2D eigenvalue weighted by molar-refractivity contribution is -0.119. The van der Waals surface area contributed by atoms with E-state index in [1.807, 2.05) is 0 Å². The monoisotopic (exact) mass is 287 g/mol. The Morgan fingerprint density at radius 2 is 1.76 bits per heavy atom. The minimum Gasteiger partial charge on any atom is -0.494 e. The van der Waals surface area contributed by atoms with E-state index in [-0.39, 0.29) is 11.8 Å². The first-order valence-electron chi connectivity index (χ1n) is 7.11. The molecule has 2 aliphatic heterocycles. The standard InChI is InChI=1S/C16H17NO4/c18-15-7-8-16(19)17(15)13-3-5-14(6-4-13)21-9-1-2-12-10-20-11-12/h3-8,12H,1-2,9-11H2. The highest BCUT2D eigenvalue weighted by molar-refractivity contribution is 6.28. The van der Waals surface area contributed by atoms with Gasteiger partial charge < -0.3 is 9.47 Å². The van der Waals surface area contributed by atoms with Crippen molar-refractivity contribution < 1.29 is 19.1 Å². The fourth-order valence-corrected chi connectivity index (χ4v) is 2.36. The summed E-state index contributed by atoms with van der Waals surface area (Å²) in [6.07, 6.45) is 4.68. The van der Waals surface area contributed by atoms with Gasteiger partial charge in [0.05, 0.1) is 25.5 Å². The van der Waals surface area contributed by atoms with Crippen LogP contribution >= 0.6 is 0 Å². The number of ether oxygens (including phenoxy) is 2. The number of rotatable bonds is 6. The number of carbonyl (C=O) groups excluding carboxylic acids is 2. The molecule has 21 heavy (non-hydrogen) atoms. The molecule has 2 aliphatic rings. The Bertz CT molecular complexity index is 542. The van der Waals surface area contributed by atoms with E-state index < -0.39 is 0 Å². The molecule has 0 aromatic heterocycles. The summed E-state index contributed by atoms with van der Waals surface area (Å²) in [5.74, 6) is 0.819. The van der Waals surface area contributed by atoms with Gasteiger partial charge in [0.15, 0.2) is 0 Å². The molecule has 1 fully saturated rings. The lowest BCUT2D eigenvalue weighted by Crippen LogP contribution is -2.29. The van der Waals surface area contributed by atoms with Crippen molar-refractivity contribution >= 4 is 17.5 Å². The first-order chi connectivity index (χ1) is 10.2. The summed E-state index contributed by atoms with van der Waals surface area (Å²) >= 11 is 0. The topological polar surface area (TPSA) is 55.8 Å². The predicted molar refractivity (Wildman–Crippen MR) is 77.1 cm³/mol. The van der Waals surface area contributed by atoms with E-state index >= 15 is 0 Å². The van der Waals surface area contributed by atoms with Crippen LogP contribution in [-0.2, 0) is 14.3 Å². The van der Waals surface area contributed by atoms with Crippen molar-refractivity contribution in [2.75, 3.05) is 24.7 Å². The lowest BCUT2D eigenvalue weighted by Gasteiger charge is -2.25. The van der Waals surface area contributed by atoms with Crippen LogP contribution in [0.25, 0.3) is 0 Å². The summed E-state index contributed by atoms with van der Waals surface area (Å²) in [4.78, 5) is 24.3. The van der Waals surface area contributed by atoms with Gasteiger partial charge in [-0.15, -0.1) is 0 Å². The van der Waals surface area contributed by atoms with E-state index in [2.05, 4.69) is 0 Å². The van der Waals surface area contributed by atoms with E-state index in [4.69, 9.17) is 9.47 Å². The summed E-state index contributed by atoms with van der Waals surface area (Å²) in [6.45, 7) is 2.42. The zero-order valence-corrected chi connectivity index (χ0v) is 11.7. The maximum Gasteiger partial charge on any atom is 0.258 e. The summed E-state index contributed by atoms with van der Waals surface area (Å²) in [5.41, 5.74) is 0.564. The lowest BCUT2D eigenvalue weighted by atomic mass is 10.0. The van der Waals surface area contributed by atoms with Crippen LogP contribution in [0.3, 0.4) is 0 Å². The Hall–Kier alpha value is -2.14. The number of benzene rings is 1. The fourth-order valence-electron chi connectivity index (χ4n) is 2.36. The maximum absolute atomic E-state index is 11.6. The number of hydrogen-bond acceptors (Lipinski definition) is 4. The van der Waals surface area contributed by atoms with Crippen molar-refractivity contribution in [1.82, 2.24) is 0 Å². The number of amides is 2. The van der Waals surface area contributed by atoms with Gasteiger partial charge in [-0.2, -0.15) is 0 Å². The molecule has 0 atom stereocenters. The summed E-state index contributed by atoms with van der Waals surface area (Å²) in [6, 6.07) is 7.00. The minimum absolute atomic E-state index is 0.309. The molecule has 2 amide bonds. The predicted octanol–water partition coefficient (Wildman–Crippen LogP) is 1.92. The molecule has 0 unspecified atom stereocenters. The zero-order valence-electron chi connectivity index (χ0n) is 11.7. The van der Waals surface area contributed by atoms with Gasteiger partial charge in [-0.3, -0.25) is 9.59 Å². The van der Waals surface area contributed by atoms with Crippen LogP contribution in [0.4, 0.5) is 5.69 Å². The van der Waals surface area contributed by atoms with E-state index in [0.29, 0.717) is 18.2 Å². The first-order valence-corrected chi connectivity index (χ1v) is 7.11. The highest BCUT2D eigenvalue weighted by Crippen LogP contribution is 2.23. The molecule has 110 valence electrons. The fraction of sp³-hybridized carbons (Fsp3) is 0.375. The van der Waals surface area contributed by atoms with Crippen molar-refractivity contribution in [3.05, 3.63) is 36.4 Å². The van der Waals surface area contributed by atoms with Gasteiger partial charge >= 0.3 is 0 Å². The summed E-state index contributed by atoms with van der Waals surface area (Å²) in [7, 11) is 0. The second-order valence-corrected chi connectivity index (χ2v) is 5.23. The van der Waals surface area contributed by atoms with Crippen molar-refractivity contribution in [1.29, 1.82) is 0 Å². The van der Waals surface area contributed by atoms with Crippen LogP contribution in [0.15, 0.2) is 36.4 Å².